The summed E-state index contributed by atoms with van der Waals surface area (Å²) in [6.45, 7) is 0.660. The van der Waals surface area contributed by atoms with Gasteiger partial charge in [0.1, 0.15) is 0 Å². The van der Waals surface area contributed by atoms with Crippen molar-refractivity contribution in [2.24, 2.45) is 0 Å². The van der Waals surface area contributed by atoms with Crippen molar-refractivity contribution >= 4 is 26.6 Å². The van der Waals surface area contributed by atoms with Crippen LogP contribution < -0.4 is 0 Å². The van der Waals surface area contributed by atoms with Gasteiger partial charge in [-0.2, -0.15) is 0 Å². The number of fused-ring (bicyclic) bond motifs is 1. The number of carbonyl (C=O) groups excluding carboxylic acids is 1. The predicted molar refractivity (Wildman–Crippen MR) is 102 cm³/mol. The number of amides is 1. The van der Waals surface area contributed by atoms with E-state index in [1.807, 2.05) is 54.7 Å². The molecule has 0 aliphatic carbocycles. The maximum Gasteiger partial charge on any atom is 0.253 e. The lowest BCUT2D eigenvalue weighted by Crippen LogP contribution is -2.33. The number of nitrogens with zero attached hydrogens (tertiary/aromatic N) is 1. The van der Waals surface area contributed by atoms with E-state index in [0.717, 1.165) is 16.5 Å². The normalized spacial score (nSPS) is 20.0. The second-order valence-corrected chi connectivity index (χ2v) is 8.93. The van der Waals surface area contributed by atoms with E-state index in [1.165, 1.54) is 0 Å². The highest BCUT2D eigenvalue weighted by Gasteiger charge is 2.32. The van der Waals surface area contributed by atoms with E-state index in [1.54, 1.807) is 11.0 Å². The maximum absolute atomic E-state index is 12.9. The average Bonchev–Trinajstić information content (AvgIpc) is 3.05. The molecule has 1 fully saturated rings. The number of nitrogens with one attached hydrogen (secondary N) is 1. The number of H-pyrrole nitrogens is 1. The summed E-state index contributed by atoms with van der Waals surface area (Å²) < 4.78 is 25.4. The van der Waals surface area contributed by atoms with Crippen molar-refractivity contribution < 1.29 is 13.2 Å². The molecule has 26 heavy (non-hydrogen) atoms. The van der Waals surface area contributed by atoms with Crippen molar-refractivity contribution in [1.29, 1.82) is 0 Å². The molecule has 1 aliphatic heterocycles. The zero-order valence-corrected chi connectivity index (χ0v) is 15.1. The van der Waals surface area contributed by atoms with Crippen LogP contribution in [0.15, 0.2) is 60.8 Å². The van der Waals surface area contributed by atoms with E-state index in [4.69, 9.17) is 0 Å². The Labute approximate surface area is 152 Å². The van der Waals surface area contributed by atoms with Gasteiger partial charge in [0.05, 0.1) is 11.0 Å². The predicted octanol–water partition coefficient (Wildman–Crippen LogP) is 3.17. The molecule has 3 aromatic rings. The Hall–Kier alpha value is -2.60. The summed E-state index contributed by atoms with van der Waals surface area (Å²) in [6, 6.07) is 16.7. The molecular weight excluding hydrogens is 348 g/mol. The van der Waals surface area contributed by atoms with Crippen LogP contribution in [0.1, 0.15) is 27.6 Å². The molecule has 0 spiro atoms. The van der Waals surface area contributed by atoms with Crippen molar-refractivity contribution in [3.63, 3.8) is 0 Å². The summed E-state index contributed by atoms with van der Waals surface area (Å²) in [7, 11) is -3.29. The molecule has 2 aromatic carbocycles. The molecule has 134 valence electrons. The molecule has 6 heteroatoms. The van der Waals surface area contributed by atoms with E-state index in [0.29, 0.717) is 18.5 Å². The van der Waals surface area contributed by atoms with Crippen LogP contribution in [0.3, 0.4) is 0 Å². The van der Waals surface area contributed by atoms with Gasteiger partial charge in [0.15, 0.2) is 9.84 Å². The lowest BCUT2D eigenvalue weighted by molar-refractivity contribution is 0.0766. The Morgan fingerprint density at radius 1 is 1.04 bits per heavy atom. The van der Waals surface area contributed by atoms with Crippen LogP contribution in [0.5, 0.6) is 0 Å². The van der Waals surface area contributed by atoms with Gasteiger partial charge in [0, 0.05) is 30.4 Å². The number of sulfone groups is 1. The monoisotopic (exact) mass is 368 g/mol. The minimum absolute atomic E-state index is 0.0109. The second-order valence-electron chi connectivity index (χ2n) is 6.63. The molecule has 0 bridgehead atoms. The van der Waals surface area contributed by atoms with Gasteiger partial charge < -0.3 is 9.88 Å². The highest BCUT2D eigenvalue weighted by atomic mass is 32.2. The molecule has 1 N–H and O–H groups in total. The SMILES string of the molecule is O=C(c1ccc2cc[nH]c2c1)N1CCC(c2ccccc2)S(=O)(=O)CC1. The van der Waals surface area contributed by atoms with Gasteiger partial charge in [-0.05, 0) is 35.6 Å². The molecule has 5 nitrogen and oxygen atoms in total. The van der Waals surface area contributed by atoms with Crippen LogP contribution in [0.25, 0.3) is 10.9 Å². The van der Waals surface area contributed by atoms with Gasteiger partial charge in [0.25, 0.3) is 5.91 Å². The first kappa shape index (κ1) is 16.8. The Balaban J connectivity index is 1.58. The highest BCUT2D eigenvalue weighted by molar-refractivity contribution is 7.91. The van der Waals surface area contributed by atoms with Gasteiger partial charge in [-0.25, -0.2) is 8.42 Å². The smallest absolute Gasteiger partial charge is 0.253 e. The minimum atomic E-state index is -3.29. The number of aromatic nitrogens is 1. The van der Waals surface area contributed by atoms with E-state index in [2.05, 4.69) is 4.98 Å². The second kappa shape index (κ2) is 6.61. The van der Waals surface area contributed by atoms with Crippen LogP contribution >= 0.6 is 0 Å². The fourth-order valence-electron chi connectivity index (χ4n) is 3.55. The van der Waals surface area contributed by atoms with Gasteiger partial charge in [-0.1, -0.05) is 36.4 Å². The Kier molecular flexibility index (Phi) is 4.28. The summed E-state index contributed by atoms with van der Waals surface area (Å²) in [4.78, 5) is 17.7. The topological polar surface area (TPSA) is 70.2 Å². The molecular formula is C20H20N2O3S. The van der Waals surface area contributed by atoms with E-state index in [-0.39, 0.29) is 18.2 Å². The standard InChI is InChI=1S/C20H20N2O3S/c23-20(17-7-6-15-8-10-21-18(15)14-17)22-11-9-19(26(24,25)13-12-22)16-4-2-1-3-5-16/h1-8,10,14,19,21H,9,11-13H2. The lowest BCUT2D eigenvalue weighted by Gasteiger charge is -2.20. The fourth-order valence-corrected chi connectivity index (χ4v) is 5.35. The molecule has 1 aromatic heterocycles. The Morgan fingerprint density at radius 3 is 2.65 bits per heavy atom. The first-order chi connectivity index (χ1) is 12.5. The number of rotatable bonds is 2. The third-order valence-electron chi connectivity index (χ3n) is 5.00. The molecule has 1 saturated heterocycles. The van der Waals surface area contributed by atoms with E-state index in [9.17, 15) is 13.2 Å². The average molecular weight is 368 g/mol. The molecule has 4 rings (SSSR count). The van der Waals surface area contributed by atoms with E-state index >= 15 is 0 Å². The molecule has 0 radical (unpaired) electrons. The zero-order chi connectivity index (χ0) is 18.1. The maximum atomic E-state index is 12.9. The van der Waals surface area contributed by atoms with Gasteiger partial charge >= 0.3 is 0 Å². The molecule has 0 saturated carbocycles. The number of benzene rings is 2. The summed E-state index contributed by atoms with van der Waals surface area (Å²) in [6.07, 6.45) is 2.25. The molecule has 1 aliphatic rings. The molecule has 1 atom stereocenters. The summed E-state index contributed by atoms with van der Waals surface area (Å²) in [5, 5.41) is 0.497. The van der Waals surface area contributed by atoms with Crippen molar-refractivity contribution in [2.45, 2.75) is 11.7 Å². The summed E-state index contributed by atoms with van der Waals surface area (Å²) in [5.74, 6) is -0.131. The third kappa shape index (κ3) is 3.12. The molecule has 1 unspecified atom stereocenters. The van der Waals surface area contributed by atoms with Crippen molar-refractivity contribution in [3.8, 4) is 0 Å². The third-order valence-corrected chi connectivity index (χ3v) is 7.13. The van der Waals surface area contributed by atoms with Crippen molar-refractivity contribution in [3.05, 3.63) is 71.9 Å². The highest BCUT2D eigenvalue weighted by Crippen LogP contribution is 2.29. The molecule has 2 heterocycles. The molecule has 1 amide bonds. The minimum Gasteiger partial charge on any atom is -0.361 e. The van der Waals surface area contributed by atoms with Gasteiger partial charge in [-0.15, -0.1) is 0 Å². The number of hydrogen-bond donors (Lipinski definition) is 1. The van der Waals surface area contributed by atoms with Crippen LogP contribution in [-0.2, 0) is 9.84 Å². The number of carbonyl (C=O) groups is 1. The summed E-state index contributed by atoms with van der Waals surface area (Å²) >= 11 is 0. The Bertz CT molecular complexity index is 1040. The van der Waals surface area contributed by atoms with E-state index < -0.39 is 15.1 Å². The van der Waals surface area contributed by atoms with Crippen LogP contribution in [0, 0.1) is 0 Å². The number of aromatic amines is 1. The van der Waals surface area contributed by atoms with Gasteiger partial charge in [-0.3, -0.25) is 4.79 Å². The van der Waals surface area contributed by atoms with Crippen molar-refractivity contribution in [2.75, 3.05) is 18.8 Å². The van der Waals surface area contributed by atoms with Crippen LogP contribution in [0.4, 0.5) is 0 Å². The summed E-state index contributed by atoms with van der Waals surface area (Å²) in [5.41, 5.74) is 2.28. The number of hydrogen-bond acceptors (Lipinski definition) is 3. The van der Waals surface area contributed by atoms with Crippen molar-refractivity contribution in [1.82, 2.24) is 9.88 Å². The largest absolute Gasteiger partial charge is 0.361 e. The quantitative estimate of drug-likeness (QED) is 0.755. The first-order valence-electron chi connectivity index (χ1n) is 8.67. The first-order valence-corrected chi connectivity index (χ1v) is 10.4. The lowest BCUT2D eigenvalue weighted by atomic mass is 10.1. The Morgan fingerprint density at radius 2 is 1.85 bits per heavy atom. The fraction of sp³-hybridized carbons (Fsp3) is 0.250. The zero-order valence-electron chi connectivity index (χ0n) is 14.3. The van der Waals surface area contributed by atoms with Crippen LogP contribution in [-0.4, -0.2) is 43.1 Å². The van der Waals surface area contributed by atoms with Crippen LogP contribution in [0.2, 0.25) is 0 Å². The van der Waals surface area contributed by atoms with Gasteiger partial charge in [0.2, 0.25) is 0 Å².